The van der Waals surface area contributed by atoms with Gasteiger partial charge in [0.15, 0.2) is 12.6 Å². The maximum Gasteiger partial charge on any atom is 0.152 e. The summed E-state index contributed by atoms with van der Waals surface area (Å²) >= 11 is 0. The third-order valence-electron chi connectivity index (χ3n) is 2.06. The molecule has 4 heteroatoms. The van der Waals surface area contributed by atoms with Crippen molar-refractivity contribution < 1.29 is 18.4 Å². The van der Waals surface area contributed by atoms with Crippen molar-refractivity contribution in [2.24, 2.45) is 0 Å². The van der Waals surface area contributed by atoms with Gasteiger partial charge in [0.05, 0.1) is 11.1 Å². The summed E-state index contributed by atoms with van der Waals surface area (Å²) in [7, 11) is 0. The number of carbonyl (C=O) groups is 2. The summed E-state index contributed by atoms with van der Waals surface area (Å²) in [5, 5.41) is 0. The second-order valence-corrected chi connectivity index (χ2v) is 3.28. The van der Waals surface area contributed by atoms with Gasteiger partial charge in [0.2, 0.25) is 0 Å². The Morgan fingerprint density at radius 1 is 0.667 bits per heavy atom. The van der Waals surface area contributed by atoms with Gasteiger partial charge in [0.1, 0.15) is 11.6 Å². The van der Waals surface area contributed by atoms with Crippen LogP contribution in [0.5, 0.6) is 0 Å². The van der Waals surface area contributed by atoms with E-state index in [4.69, 9.17) is 0 Å². The monoisotopic (exact) mass is 248 g/mol. The molecule has 0 N–H and O–H groups in total. The Kier molecular flexibility index (Phi) is 5.38. The van der Waals surface area contributed by atoms with E-state index in [-0.39, 0.29) is 11.1 Å². The first-order chi connectivity index (χ1) is 8.69. The van der Waals surface area contributed by atoms with Crippen molar-refractivity contribution in [3.8, 4) is 0 Å². The number of rotatable bonds is 2. The Hall–Kier alpha value is -2.36. The Labute approximate surface area is 103 Å². The van der Waals surface area contributed by atoms with E-state index in [1.165, 1.54) is 24.3 Å². The van der Waals surface area contributed by atoms with E-state index in [9.17, 15) is 18.4 Å². The molecule has 0 bridgehead atoms. The number of carbonyl (C=O) groups excluding carboxylic acids is 2. The first-order valence-electron chi connectivity index (χ1n) is 5.08. The highest BCUT2D eigenvalue weighted by atomic mass is 19.1. The molecule has 2 nitrogen and oxygen atoms in total. The SMILES string of the molecule is O=Cc1ccccc1F.O=Cc1ccccc1F. The summed E-state index contributed by atoms with van der Waals surface area (Å²) in [6.45, 7) is 0. The quantitative estimate of drug-likeness (QED) is 0.764. The molecule has 0 heterocycles. The largest absolute Gasteiger partial charge is 0.298 e. The third kappa shape index (κ3) is 3.90. The second kappa shape index (κ2) is 7.06. The molecule has 18 heavy (non-hydrogen) atoms. The fourth-order valence-corrected chi connectivity index (χ4v) is 1.14. The topological polar surface area (TPSA) is 34.1 Å². The molecule has 0 atom stereocenters. The van der Waals surface area contributed by atoms with Gasteiger partial charge in [-0.2, -0.15) is 0 Å². The van der Waals surface area contributed by atoms with Gasteiger partial charge in [-0.05, 0) is 24.3 Å². The lowest BCUT2D eigenvalue weighted by molar-refractivity contribution is 0.111. The Morgan fingerprint density at radius 3 is 1.22 bits per heavy atom. The highest BCUT2D eigenvalue weighted by molar-refractivity contribution is 5.75. The molecule has 0 saturated carbocycles. The summed E-state index contributed by atoms with van der Waals surface area (Å²) < 4.78 is 24.7. The number of hydrogen-bond acceptors (Lipinski definition) is 2. The first-order valence-corrected chi connectivity index (χ1v) is 5.08. The average Bonchev–Trinajstić information content (AvgIpc) is 2.41. The van der Waals surface area contributed by atoms with Crippen molar-refractivity contribution >= 4 is 12.6 Å². The number of hydrogen-bond donors (Lipinski definition) is 0. The van der Waals surface area contributed by atoms with Gasteiger partial charge in [0.25, 0.3) is 0 Å². The van der Waals surface area contributed by atoms with Gasteiger partial charge in [0, 0.05) is 0 Å². The predicted octanol–water partition coefficient (Wildman–Crippen LogP) is 3.28. The summed E-state index contributed by atoms with van der Waals surface area (Å²) in [5.74, 6) is -0.931. The molecule has 2 aromatic rings. The summed E-state index contributed by atoms with van der Waals surface area (Å²) in [6, 6.07) is 11.7. The van der Waals surface area contributed by atoms with E-state index >= 15 is 0 Å². The van der Waals surface area contributed by atoms with Gasteiger partial charge in [-0.1, -0.05) is 24.3 Å². The van der Waals surface area contributed by atoms with Crippen molar-refractivity contribution in [2.75, 3.05) is 0 Å². The fraction of sp³-hybridized carbons (Fsp3) is 0. The van der Waals surface area contributed by atoms with E-state index in [1.54, 1.807) is 24.3 Å². The molecule has 0 radical (unpaired) electrons. The lowest BCUT2D eigenvalue weighted by Crippen LogP contribution is -1.83. The Balaban J connectivity index is 0.000000180. The van der Waals surface area contributed by atoms with Crippen LogP contribution in [0.4, 0.5) is 8.78 Å². The zero-order valence-corrected chi connectivity index (χ0v) is 9.35. The van der Waals surface area contributed by atoms with Crippen LogP contribution < -0.4 is 0 Å². The third-order valence-corrected chi connectivity index (χ3v) is 2.06. The Morgan fingerprint density at radius 2 is 1.00 bits per heavy atom. The maximum absolute atomic E-state index is 12.4. The van der Waals surface area contributed by atoms with E-state index in [1.807, 2.05) is 0 Å². The van der Waals surface area contributed by atoms with Crippen molar-refractivity contribution in [2.45, 2.75) is 0 Å². The van der Waals surface area contributed by atoms with Crippen LogP contribution in [-0.4, -0.2) is 12.6 Å². The molecule has 0 fully saturated rings. The normalized spacial score (nSPS) is 9.00. The van der Waals surface area contributed by atoms with E-state index in [2.05, 4.69) is 0 Å². The van der Waals surface area contributed by atoms with Crippen LogP contribution in [0.1, 0.15) is 20.7 Å². The van der Waals surface area contributed by atoms with Crippen LogP contribution in [-0.2, 0) is 0 Å². The Bertz CT molecular complexity index is 489. The van der Waals surface area contributed by atoms with Crippen LogP contribution in [0.3, 0.4) is 0 Å². The highest BCUT2D eigenvalue weighted by Gasteiger charge is 1.95. The summed E-state index contributed by atoms with van der Waals surface area (Å²) in [5.41, 5.74) is 0.218. The first kappa shape index (κ1) is 13.7. The van der Waals surface area contributed by atoms with Gasteiger partial charge >= 0.3 is 0 Å². The number of aldehydes is 2. The van der Waals surface area contributed by atoms with Gasteiger partial charge in [-0.15, -0.1) is 0 Å². The minimum Gasteiger partial charge on any atom is -0.298 e. The smallest absolute Gasteiger partial charge is 0.152 e. The molecular weight excluding hydrogens is 238 g/mol. The van der Waals surface area contributed by atoms with Gasteiger partial charge in [-0.25, -0.2) is 8.78 Å². The number of benzene rings is 2. The minimum atomic E-state index is -0.465. The molecule has 0 spiro atoms. The molecule has 0 aromatic heterocycles. The average molecular weight is 248 g/mol. The number of halogens is 2. The highest BCUT2D eigenvalue weighted by Crippen LogP contribution is 2.02. The van der Waals surface area contributed by atoms with Crippen LogP contribution in [0.15, 0.2) is 48.5 Å². The predicted molar refractivity (Wildman–Crippen MR) is 63.6 cm³/mol. The van der Waals surface area contributed by atoms with E-state index in [0.29, 0.717) is 12.6 Å². The molecule has 0 amide bonds. The maximum atomic E-state index is 12.4. The van der Waals surface area contributed by atoms with Crippen LogP contribution in [0, 0.1) is 11.6 Å². The van der Waals surface area contributed by atoms with Crippen LogP contribution >= 0.6 is 0 Å². The molecule has 2 aromatic carbocycles. The van der Waals surface area contributed by atoms with Crippen LogP contribution in [0.2, 0.25) is 0 Å². The van der Waals surface area contributed by atoms with Gasteiger partial charge < -0.3 is 0 Å². The molecule has 0 aliphatic carbocycles. The molecule has 0 aliphatic heterocycles. The van der Waals surface area contributed by atoms with E-state index < -0.39 is 11.6 Å². The summed E-state index contributed by atoms with van der Waals surface area (Å²) in [4.78, 5) is 20.0. The molecule has 2 rings (SSSR count). The second-order valence-electron chi connectivity index (χ2n) is 3.28. The molecule has 0 aliphatic rings. The van der Waals surface area contributed by atoms with Crippen LogP contribution in [0.25, 0.3) is 0 Å². The molecule has 0 saturated heterocycles. The van der Waals surface area contributed by atoms with Crippen molar-refractivity contribution in [3.05, 3.63) is 71.3 Å². The fourth-order valence-electron chi connectivity index (χ4n) is 1.14. The lowest BCUT2D eigenvalue weighted by Gasteiger charge is -1.88. The van der Waals surface area contributed by atoms with Crippen molar-refractivity contribution in [1.29, 1.82) is 0 Å². The molecular formula is C14H10F2O2. The van der Waals surface area contributed by atoms with Crippen molar-refractivity contribution in [1.82, 2.24) is 0 Å². The molecule has 0 unspecified atom stereocenters. The summed E-state index contributed by atoms with van der Waals surface area (Å²) in [6.07, 6.45) is 0.991. The minimum absolute atomic E-state index is 0.109. The zero-order valence-electron chi connectivity index (χ0n) is 9.35. The van der Waals surface area contributed by atoms with Gasteiger partial charge in [-0.3, -0.25) is 9.59 Å². The zero-order chi connectivity index (χ0) is 13.4. The van der Waals surface area contributed by atoms with Crippen molar-refractivity contribution in [3.63, 3.8) is 0 Å². The standard InChI is InChI=1S/2C7H5FO/c2*8-7-4-2-1-3-6(7)5-9/h2*1-5H. The molecule has 92 valence electrons. The lowest BCUT2D eigenvalue weighted by atomic mass is 10.2. The van der Waals surface area contributed by atoms with E-state index in [0.717, 1.165) is 0 Å².